The third-order valence-electron chi connectivity index (χ3n) is 8.35. The Morgan fingerprint density at radius 1 is 0.870 bits per heavy atom. The first kappa shape index (κ1) is 32.3. The molecule has 0 aliphatic carbocycles. The Labute approximate surface area is 276 Å². The standard InChI is InChI=1S/C33H31Cl2F2N5O3S/c34-22-7-13-26(27(35)20-22)29-21-24(38-33(39-29)41-18-16-40(17-19-41)30-5-2-1-4-28(30)37)10-14-32(43)31-6-3-15-42(31)46(44,45)25-11-8-23(36)9-12-25/h1-2,4-5,7-9,11-13,20-21,31H,3,6,10,14-19H2/t31-/m0/s1. The van der Waals surface area contributed by atoms with Crippen LogP contribution in [0.2, 0.25) is 10.0 Å². The summed E-state index contributed by atoms with van der Waals surface area (Å²) in [5.74, 6) is -0.568. The second kappa shape index (κ2) is 13.6. The highest BCUT2D eigenvalue weighted by Gasteiger charge is 2.39. The molecule has 3 heterocycles. The highest BCUT2D eigenvalue weighted by atomic mass is 35.5. The number of Topliss-reactive ketones (excluding diaryl/α,β-unsaturated/α-hetero) is 1. The van der Waals surface area contributed by atoms with Crippen LogP contribution in [-0.4, -0.2) is 67.2 Å². The van der Waals surface area contributed by atoms with E-state index in [1.165, 1.54) is 22.5 Å². The van der Waals surface area contributed by atoms with E-state index in [0.29, 0.717) is 77.7 Å². The predicted molar refractivity (Wildman–Crippen MR) is 175 cm³/mol. The van der Waals surface area contributed by atoms with Crippen molar-refractivity contribution >= 4 is 50.6 Å². The van der Waals surface area contributed by atoms with Gasteiger partial charge in [-0.3, -0.25) is 4.79 Å². The molecule has 6 rings (SSSR count). The summed E-state index contributed by atoms with van der Waals surface area (Å²) in [6, 6.07) is 17.4. The Morgan fingerprint density at radius 2 is 1.59 bits per heavy atom. The molecule has 13 heteroatoms. The number of nitrogens with zero attached hydrogens (tertiary/aromatic N) is 5. The van der Waals surface area contributed by atoms with E-state index < -0.39 is 21.9 Å². The van der Waals surface area contributed by atoms with Gasteiger partial charge >= 0.3 is 0 Å². The zero-order chi connectivity index (χ0) is 32.4. The SMILES string of the molecule is O=C(CCc1cc(-c2ccc(Cl)cc2Cl)nc(N2CCN(c3ccccc3F)CC2)n1)[C@@H]1CCCN1S(=O)(=O)c1ccc(F)cc1. The van der Waals surface area contributed by atoms with Crippen LogP contribution in [0.4, 0.5) is 20.4 Å². The number of hydrogen-bond donors (Lipinski definition) is 0. The minimum absolute atomic E-state index is 0.0476. The van der Waals surface area contributed by atoms with Crippen molar-refractivity contribution in [1.29, 1.82) is 0 Å². The molecular weight excluding hydrogens is 655 g/mol. The molecule has 8 nitrogen and oxygen atoms in total. The molecule has 2 saturated heterocycles. The molecule has 4 aromatic rings. The summed E-state index contributed by atoms with van der Waals surface area (Å²) in [4.78, 5) is 27.1. The summed E-state index contributed by atoms with van der Waals surface area (Å²) in [6.45, 7) is 2.42. The van der Waals surface area contributed by atoms with E-state index in [9.17, 15) is 22.0 Å². The Morgan fingerprint density at radius 3 is 2.30 bits per heavy atom. The van der Waals surface area contributed by atoms with Crippen molar-refractivity contribution in [3.63, 3.8) is 0 Å². The number of halogens is 4. The minimum Gasteiger partial charge on any atom is -0.366 e. The summed E-state index contributed by atoms with van der Waals surface area (Å²) in [5, 5.41) is 0.894. The molecular formula is C33H31Cl2F2N5O3S. The fourth-order valence-corrected chi connectivity index (χ4v) is 8.14. The van der Waals surface area contributed by atoms with Gasteiger partial charge in [0.1, 0.15) is 11.6 Å². The van der Waals surface area contributed by atoms with Gasteiger partial charge in [-0.2, -0.15) is 4.31 Å². The fourth-order valence-electron chi connectivity index (χ4n) is 5.95. The lowest BCUT2D eigenvalue weighted by Crippen LogP contribution is -2.47. The number of piperazine rings is 1. The number of aryl methyl sites for hydroxylation is 1. The topological polar surface area (TPSA) is 86.7 Å². The van der Waals surface area contributed by atoms with Gasteiger partial charge < -0.3 is 9.80 Å². The quantitative estimate of drug-likeness (QED) is 0.201. The number of rotatable bonds is 9. The number of carbonyl (C=O) groups excluding carboxylic acids is 1. The van der Waals surface area contributed by atoms with Gasteiger partial charge in [0.05, 0.1) is 27.3 Å². The zero-order valence-electron chi connectivity index (χ0n) is 24.8. The Balaban J connectivity index is 1.22. The van der Waals surface area contributed by atoms with Crippen LogP contribution in [0.1, 0.15) is 25.0 Å². The maximum Gasteiger partial charge on any atom is 0.243 e. The van der Waals surface area contributed by atoms with Crippen molar-refractivity contribution in [3.8, 4) is 11.3 Å². The van der Waals surface area contributed by atoms with Gasteiger partial charge in [-0.25, -0.2) is 27.2 Å². The summed E-state index contributed by atoms with van der Waals surface area (Å²) in [5.41, 5.74) is 2.36. The second-order valence-corrected chi connectivity index (χ2v) is 14.0. The van der Waals surface area contributed by atoms with Crippen LogP contribution in [0.5, 0.6) is 0 Å². The molecule has 1 atom stereocenters. The predicted octanol–water partition coefficient (Wildman–Crippen LogP) is 6.41. The first-order valence-electron chi connectivity index (χ1n) is 15.0. The molecule has 3 aromatic carbocycles. The lowest BCUT2D eigenvalue weighted by Gasteiger charge is -2.36. The largest absolute Gasteiger partial charge is 0.366 e. The average molecular weight is 687 g/mol. The Hall–Kier alpha value is -3.64. The summed E-state index contributed by atoms with van der Waals surface area (Å²) < 4.78 is 55.7. The first-order chi connectivity index (χ1) is 22.1. The van der Waals surface area contributed by atoms with Crippen LogP contribution in [0.15, 0.2) is 77.7 Å². The molecule has 2 fully saturated rings. The molecule has 2 aliphatic heterocycles. The van der Waals surface area contributed by atoms with Gasteiger partial charge in [0.15, 0.2) is 5.78 Å². The first-order valence-corrected chi connectivity index (χ1v) is 17.2. The molecule has 0 radical (unpaired) electrons. The fraction of sp³-hybridized carbons (Fsp3) is 0.303. The molecule has 0 amide bonds. The van der Waals surface area contributed by atoms with Crippen molar-refractivity contribution in [3.05, 3.63) is 100 Å². The van der Waals surface area contributed by atoms with Crippen molar-refractivity contribution in [2.75, 3.05) is 42.5 Å². The minimum atomic E-state index is -3.97. The molecule has 46 heavy (non-hydrogen) atoms. The number of anilines is 2. The third-order valence-corrected chi connectivity index (χ3v) is 10.8. The monoisotopic (exact) mass is 685 g/mol. The molecule has 240 valence electrons. The number of hydrogen-bond acceptors (Lipinski definition) is 7. The highest BCUT2D eigenvalue weighted by Crippen LogP contribution is 2.32. The maximum atomic E-state index is 14.4. The number of ketones is 1. The zero-order valence-corrected chi connectivity index (χ0v) is 27.1. The lowest BCUT2D eigenvalue weighted by molar-refractivity contribution is -0.122. The van der Waals surface area contributed by atoms with Crippen LogP contribution < -0.4 is 9.80 Å². The van der Waals surface area contributed by atoms with Gasteiger partial charge in [0.25, 0.3) is 0 Å². The van der Waals surface area contributed by atoms with Gasteiger partial charge in [0, 0.05) is 55.4 Å². The van der Waals surface area contributed by atoms with Crippen molar-refractivity contribution < 1.29 is 22.0 Å². The van der Waals surface area contributed by atoms with E-state index in [0.717, 1.165) is 12.1 Å². The lowest BCUT2D eigenvalue weighted by atomic mass is 10.0. The molecule has 0 saturated carbocycles. The third kappa shape index (κ3) is 6.88. The molecule has 1 aromatic heterocycles. The normalized spacial score (nSPS) is 17.4. The number of benzene rings is 3. The van der Waals surface area contributed by atoms with Gasteiger partial charge in [-0.1, -0.05) is 35.3 Å². The smallest absolute Gasteiger partial charge is 0.243 e. The molecule has 2 aliphatic rings. The van der Waals surface area contributed by atoms with Crippen LogP contribution in [0.3, 0.4) is 0 Å². The molecule has 0 bridgehead atoms. The van der Waals surface area contributed by atoms with Crippen molar-refractivity contribution in [1.82, 2.24) is 14.3 Å². The number of carbonyl (C=O) groups is 1. The van der Waals surface area contributed by atoms with Crippen LogP contribution in [0, 0.1) is 11.6 Å². The van der Waals surface area contributed by atoms with Crippen LogP contribution in [0.25, 0.3) is 11.3 Å². The van der Waals surface area contributed by atoms with E-state index in [1.807, 2.05) is 15.9 Å². The number of aromatic nitrogens is 2. The van der Waals surface area contributed by atoms with Gasteiger partial charge in [-0.05, 0) is 79.9 Å². The Bertz CT molecular complexity index is 1850. The van der Waals surface area contributed by atoms with Crippen molar-refractivity contribution in [2.45, 2.75) is 36.6 Å². The van der Waals surface area contributed by atoms with E-state index in [1.54, 1.807) is 36.4 Å². The van der Waals surface area contributed by atoms with E-state index in [2.05, 4.69) is 0 Å². The van der Waals surface area contributed by atoms with Crippen LogP contribution in [-0.2, 0) is 21.2 Å². The van der Waals surface area contributed by atoms with Gasteiger partial charge in [0.2, 0.25) is 16.0 Å². The average Bonchev–Trinajstić information content (AvgIpc) is 3.56. The second-order valence-electron chi connectivity index (χ2n) is 11.3. The van der Waals surface area contributed by atoms with E-state index in [4.69, 9.17) is 33.2 Å². The summed E-state index contributed by atoms with van der Waals surface area (Å²) >= 11 is 12.7. The summed E-state index contributed by atoms with van der Waals surface area (Å²) in [6.07, 6.45) is 1.27. The summed E-state index contributed by atoms with van der Waals surface area (Å²) in [7, 11) is -3.97. The highest BCUT2D eigenvalue weighted by molar-refractivity contribution is 7.89. The Kier molecular flexibility index (Phi) is 9.56. The van der Waals surface area contributed by atoms with E-state index >= 15 is 0 Å². The number of para-hydroxylation sites is 1. The molecule has 0 unspecified atom stereocenters. The van der Waals surface area contributed by atoms with Crippen molar-refractivity contribution in [2.24, 2.45) is 0 Å². The number of sulfonamides is 1. The molecule has 0 N–H and O–H groups in total. The molecule has 0 spiro atoms. The maximum absolute atomic E-state index is 14.4. The van der Waals surface area contributed by atoms with Gasteiger partial charge in [-0.15, -0.1) is 0 Å². The van der Waals surface area contributed by atoms with E-state index in [-0.39, 0.29) is 35.9 Å². The van der Waals surface area contributed by atoms with Crippen LogP contribution >= 0.6 is 23.2 Å².